The second-order valence-corrected chi connectivity index (χ2v) is 7.03. The van der Waals surface area contributed by atoms with Crippen LogP contribution < -0.4 is 10.1 Å². The van der Waals surface area contributed by atoms with Gasteiger partial charge < -0.3 is 10.1 Å². The largest absolute Gasteiger partial charge is 0.470 e. The molecule has 0 radical (unpaired) electrons. The Labute approximate surface area is 145 Å². The minimum absolute atomic E-state index is 0.108. The number of rotatable bonds is 2. The van der Waals surface area contributed by atoms with Crippen LogP contribution in [0.5, 0.6) is 5.75 Å². The number of allylic oxidation sites excluding steroid dienone is 2. The van der Waals surface area contributed by atoms with Crippen molar-refractivity contribution in [2.24, 2.45) is 5.92 Å². The average Bonchev–Trinajstić information content (AvgIpc) is 2.78. The minimum atomic E-state index is -0.108. The first-order valence-corrected chi connectivity index (χ1v) is 9.44. The number of nitrogens with zero attached hydrogens (tertiary/aromatic N) is 3. The topological polar surface area (TPSA) is 59.9 Å². The third-order valence-electron chi connectivity index (χ3n) is 4.63. The van der Waals surface area contributed by atoms with Gasteiger partial charge in [-0.1, -0.05) is 35.5 Å². The molecule has 2 atom stereocenters. The third-order valence-corrected chi connectivity index (χ3v) is 5.17. The van der Waals surface area contributed by atoms with Gasteiger partial charge in [-0.3, -0.25) is 0 Å². The maximum Gasteiger partial charge on any atom is 0.210 e. The Kier molecular flexibility index (Phi) is 4.14. The molecule has 24 heavy (non-hydrogen) atoms. The highest BCUT2D eigenvalue weighted by atomic mass is 32.2. The zero-order valence-electron chi connectivity index (χ0n) is 13.8. The molecule has 0 saturated heterocycles. The van der Waals surface area contributed by atoms with Crippen LogP contribution in [0.1, 0.15) is 26.2 Å². The fraction of sp³-hybridized carbons (Fsp3) is 0.389. The van der Waals surface area contributed by atoms with Crippen molar-refractivity contribution in [2.75, 3.05) is 11.6 Å². The van der Waals surface area contributed by atoms with Crippen LogP contribution in [-0.4, -0.2) is 27.7 Å². The second-order valence-electron chi connectivity index (χ2n) is 6.26. The van der Waals surface area contributed by atoms with E-state index in [2.05, 4.69) is 33.5 Å². The summed E-state index contributed by atoms with van der Waals surface area (Å²) in [7, 11) is 0. The van der Waals surface area contributed by atoms with Crippen molar-refractivity contribution in [2.45, 2.75) is 37.6 Å². The molecule has 6 heteroatoms. The Morgan fingerprint density at radius 2 is 2.12 bits per heavy atom. The molecule has 1 N–H and O–H groups in total. The minimum Gasteiger partial charge on any atom is -0.470 e. The van der Waals surface area contributed by atoms with Crippen LogP contribution in [0.15, 0.2) is 41.1 Å². The van der Waals surface area contributed by atoms with Gasteiger partial charge in [0.25, 0.3) is 0 Å². The molecule has 0 fully saturated rings. The molecule has 2 aromatic rings. The molecule has 0 amide bonds. The van der Waals surface area contributed by atoms with E-state index >= 15 is 0 Å². The summed E-state index contributed by atoms with van der Waals surface area (Å²) in [6.07, 6.45) is 7.43. The summed E-state index contributed by atoms with van der Waals surface area (Å²) in [5.41, 5.74) is 3.17. The standard InChI is InChI=1S/C18H20N4OS/c1-11-7-9-12(10-8-11)17-19-16-15(21-22-18(20-16)24-2)13-5-3-4-6-14(13)23-17/h3-7,12,17H,8-10H2,1-2H3,(H,19,20,22)/t12-,17+/m1/s1. The number of thioether (sulfide) groups is 1. The van der Waals surface area contributed by atoms with Crippen molar-refractivity contribution in [1.82, 2.24) is 15.2 Å². The summed E-state index contributed by atoms with van der Waals surface area (Å²) in [6, 6.07) is 7.98. The molecule has 1 aliphatic heterocycles. The van der Waals surface area contributed by atoms with Crippen molar-refractivity contribution in [1.29, 1.82) is 0 Å². The van der Waals surface area contributed by atoms with Gasteiger partial charge in [-0.2, -0.15) is 0 Å². The smallest absolute Gasteiger partial charge is 0.210 e. The summed E-state index contributed by atoms with van der Waals surface area (Å²) in [5.74, 6) is 2.02. The van der Waals surface area contributed by atoms with Crippen LogP contribution in [0.2, 0.25) is 0 Å². The van der Waals surface area contributed by atoms with Crippen LogP contribution in [-0.2, 0) is 0 Å². The van der Waals surface area contributed by atoms with Gasteiger partial charge in [-0.05, 0) is 44.6 Å². The van der Waals surface area contributed by atoms with Gasteiger partial charge in [0.05, 0.1) is 0 Å². The van der Waals surface area contributed by atoms with Crippen molar-refractivity contribution in [3.8, 4) is 17.0 Å². The van der Waals surface area contributed by atoms with Crippen molar-refractivity contribution in [3.05, 3.63) is 35.9 Å². The first-order chi connectivity index (χ1) is 11.7. The number of anilines is 1. The summed E-state index contributed by atoms with van der Waals surface area (Å²) < 4.78 is 6.33. The molecule has 0 spiro atoms. The highest BCUT2D eigenvalue weighted by Gasteiger charge is 2.30. The normalized spacial score (nSPS) is 22.3. The zero-order chi connectivity index (χ0) is 16.5. The Bertz CT molecular complexity index is 792. The first kappa shape index (κ1) is 15.4. The molecule has 0 unspecified atom stereocenters. The fourth-order valence-electron chi connectivity index (χ4n) is 3.22. The molecule has 1 aromatic heterocycles. The highest BCUT2D eigenvalue weighted by Crippen LogP contribution is 2.39. The van der Waals surface area contributed by atoms with E-state index in [9.17, 15) is 0 Å². The van der Waals surface area contributed by atoms with E-state index in [1.165, 1.54) is 17.3 Å². The van der Waals surface area contributed by atoms with E-state index in [4.69, 9.17) is 4.74 Å². The number of hydrogen-bond acceptors (Lipinski definition) is 6. The number of nitrogens with one attached hydrogen (secondary N) is 1. The maximum absolute atomic E-state index is 6.33. The van der Waals surface area contributed by atoms with Crippen LogP contribution in [0, 0.1) is 5.92 Å². The van der Waals surface area contributed by atoms with E-state index in [0.29, 0.717) is 11.1 Å². The van der Waals surface area contributed by atoms with Crippen LogP contribution in [0.3, 0.4) is 0 Å². The van der Waals surface area contributed by atoms with Crippen LogP contribution in [0.25, 0.3) is 11.3 Å². The fourth-order valence-corrected chi connectivity index (χ4v) is 3.53. The lowest BCUT2D eigenvalue weighted by atomic mass is 9.89. The summed E-state index contributed by atoms with van der Waals surface area (Å²) in [6.45, 7) is 2.20. The molecule has 124 valence electrons. The van der Waals surface area contributed by atoms with E-state index < -0.39 is 0 Å². The van der Waals surface area contributed by atoms with Crippen LogP contribution >= 0.6 is 11.8 Å². The second kappa shape index (κ2) is 6.43. The molecule has 1 aromatic carbocycles. The van der Waals surface area contributed by atoms with Gasteiger partial charge in [0, 0.05) is 11.5 Å². The number of fused-ring (bicyclic) bond motifs is 3. The average molecular weight is 340 g/mol. The van der Waals surface area contributed by atoms with Crippen molar-refractivity contribution in [3.63, 3.8) is 0 Å². The number of para-hydroxylation sites is 1. The van der Waals surface area contributed by atoms with Gasteiger partial charge in [-0.25, -0.2) is 4.98 Å². The number of hydrogen-bond donors (Lipinski definition) is 1. The molecule has 0 saturated carbocycles. The van der Waals surface area contributed by atoms with Crippen molar-refractivity contribution >= 4 is 17.6 Å². The van der Waals surface area contributed by atoms with Gasteiger partial charge >= 0.3 is 0 Å². The first-order valence-electron chi connectivity index (χ1n) is 8.21. The van der Waals surface area contributed by atoms with E-state index in [0.717, 1.165) is 42.1 Å². The molecule has 5 nitrogen and oxygen atoms in total. The van der Waals surface area contributed by atoms with Gasteiger partial charge in [0.1, 0.15) is 11.4 Å². The summed E-state index contributed by atoms with van der Waals surface area (Å²) in [5, 5.41) is 12.7. The molecule has 1 aliphatic carbocycles. The Balaban J connectivity index is 1.76. The van der Waals surface area contributed by atoms with Crippen molar-refractivity contribution < 1.29 is 4.74 Å². The SMILES string of the molecule is CSc1nnc2c(n1)N[C@H]([C@@H]1CC=C(C)CC1)Oc1ccccc1-2. The molecule has 4 rings (SSSR count). The van der Waals surface area contributed by atoms with Crippen LogP contribution in [0.4, 0.5) is 5.82 Å². The summed E-state index contributed by atoms with van der Waals surface area (Å²) in [4.78, 5) is 4.63. The Morgan fingerprint density at radius 1 is 1.25 bits per heavy atom. The Hall–Kier alpha value is -2.08. The van der Waals surface area contributed by atoms with E-state index in [1.54, 1.807) is 0 Å². The quantitative estimate of drug-likeness (QED) is 0.655. The van der Waals surface area contributed by atoms with E-state index in [-0.39, 0.29) is 6.23 Å². The molecule has 2 heterocycles. The lowest BCUT2D eigenvalue weighted by Crippen LogP contribution is -2.35. The maximum atomic E-state index is 6.33. The van der Waals surface area contributed by atoms with E-state index in [1.807, 2.05) is 30.5 Å². The molecular weight excluding hydrogens is 320 g/mol. The highest BCUT2D eigenvalue weighted by molar-refractivity contribution is 7.98. The Morgan fingerprint density at radius 3 is 2.92 bits per heavy atom. The predicted octanol–water partition coefficient (Wildman–Crippen LogP) is 4.14. The zero-order valence-corrected chi connectivity index (χ0v) is 14.6. The lowest BCUT2D eigenvalue weighted by Gasteiger charge is -2.29. The molecule has 2 aliphatic rings. The van der Waals surface area contributed by atoms with Gasteiger partial charge in [-0.15, -0.1) is 10.2 Å². The number of ether oxygens (including phenoxy) is 1. The van der Waals surface area contributed by atoms with Gasteiger partial charge in [0.15, 0.2) is 12.0 Å². The molecular formula is C18H20N4OS. The lowest BCUT2D eigenvalue weighted by molar-refractivity contribution is 0.152. The number of aromatic nitrogens is 3. The third kappa shape index (κ3) is 2.86. The predicted molar refractivity (Wildman–Crippen MR) is 96.2 cm³/mol. The van der Waals surface area contributed by atoms with Gasteiger partial charge in [0.2, 0.25) is 5.16 Å². The monoisotopic (exact) mass is 340 g/mol. The molecule has 0 bridgehead atoms. The summed E-state index contributed by atoms with van der Waals surface area (Å²) >= 11 is 1.49. The number of benzene rings is 1.